The number of nitrogens with one attached hydrogen (secondary N) is 3. The van der Waals surface area contributed by atoms with Crippen molar-refractivity contribution in [3.63, 3.8) is 0 Å². The Morgan fingerprint density at radius 2 is 1.80 bits per heavy atom. The summed E-state index contributed by atoms with van der Waals surface area (Å²) in [5.74, 6) is -1.85. The van der Waals surface area contributed by atoms with E-state index in [2.05, 4.69) is 16.0 Å². The van der Waals surface area contributed by atoms with Crippen LogP contribution in [0.3, 0.4) is 0 Å². The fraction of sp³-hybridized carbons (Fsp3) is 0.393. The average molecular weight is 552 g/mol. The fourth-order valence-corrected chi connectivity index (χ4v) is 5.62. The molecular weight excluding hydrogens is 521 g/mol. The number of carbonyl (C=O) groups is 5. The lowest BCUT2D eigenvalue weighted by Gasteiger charge is -2.42. The van der Waals surface area contributed by atoms with Gasteiger partial charge in [0, 0.05) is 50.3 Å². The highest BCUT2D eigenvalue weighted by Gasteiger charge is 2.58. The number of halogens is 1. The van der Waals surface area contributed by atoms with Crippen molar-refractivity contribution in [2.75, 3.05) is 26.0 Å². The van der Waals surface area contributed by atoms with Crippen molar-refractivity contribution in [2.45, 2.75) is 43.9 Å². The second kappa shape index (κ2) is 10.6. The van der Waals surface area contributed by atoms with Gasteiger partial charge in [0.25, 0.3) is 5.91 Å². The van der Waals surface area contributed by atoms with E-state index >= 15 is 0 Å². The van der Waals surface area contributed by atoms with Crippen LogP contribution < -0.4 is 16.0 Å². The number of amides is 6. The van der Waals surface area contributed by atoms with Crippen LogP contribution in [0.4, 0.5) is 19.7 Å². The molecule has 2 aromatic rings. The molecule has 40 heavy (non-hydrogen) atoms. The van der Waals surface area contributed by atoms with Crippen molar-refractivity contribution in [3.05, 3.63) is 65.0 Å². The van der Waals surface area contributed by atoms with Crippen LogP contribution in [0, 0.1) is 11.7 Å². The minimum atomic E-state index is -1.53. The van der Waals surface area contributed by atoms with Crippen molar-refractivity contribution in [2.24, 2.45) is 5.92 Å². The lowest BCUT2D eigenvalue weighted by atomic mass is 9.78. The summed E-state index contributed by atoms with van der Waals surface area (Å²) in [6, 6.07) is 10.1. The molecule has 1 heterocycles. The molecule has 1 atom stereocenters. The second-order valence-electron chi connectivity index (χ2n) is 10.2. The first-order valence-corrected chi connectivity index (χ1v) is 13.1. The SMILES string of the molecule is CNC(=O)Nc1ccc2c(c1)CC[C@@]21OC(=O)N(CC(=O)N(Cc2ccc(F)cc2)C2CC(C(=O)NC)C2)C1=O. The predicted octanol–water partition coefficient (Wildman–Crippen LogP) is 2.25. The molecule has 12 heteroatoms. The molecule has 3 aliphatic rings. The van der Waals surface area contributed by atoms with Gasteiger partial charge in [-0.25, -0.2) is 18.9 Å². The summed E-state index contributed by atoms with van der Waals surface area (Å²) in [6.45, 7) is -0.385. The highest BCUT2D eigenvalue weighted by molar-refractivity contribution is 6.06. The number of imide groups is 1. The van der Waals surface area contributed by atoms with Gasteiger partial charge in [-0.15, -0.1) is 0 Å². The van der Waals surface area contributed by atoms with Gasteiger partial charge in [0.1, 0.15) is 12.4 Å². The Labute approximate surface area is 230 Å². The molecule has 11 nitrogen and oxygen atoms in total. The third-order valence-electron chi connectivity index (χ3n) is 7.90. The first-order valence-electron chi connectivity index (χ1n) is 13.1. The summed E-state index contributed by atoms with van der Waals surface area (Å²) >= 11 is 0. The monoisotopic (exact) mass is 551 g/mol. The van der Waals surface area contributed by atoms with Gasteiger partial charge in [0.15, 0.2) is 0 Å². The maximum atomic E-state index is 13.6. The van der Waals surface area contributed by atoms with E-state index in [0.717, 1.165) is 10.5 Å². The number of rotatable bonds is 7. The quantitative estimate of drug-likeness (QED) is 0.483. The molecule has 0 aromatic heterocycles. The normalized spacial score (nSPS) is 22.8. The molecule has 6 amide bonds. The van der Waals surface area contributed by atoms with Crippen molar-refractivity contribution in [1.82, 2.24) is 20.4 Å². The summed E-state index contributed by atoms with van der Waals surface area (Å²) < 4.78 is 19.1. The van der Waals surface area contributed by atoms with Gasteiger partial charge in [-0.3, -0.25) is 14.4 Å². The molecule has 1 saturated carbocycles. The molecule has 0 bridgehead atoms. The van der Waals surface area contributed by atoms with E-state index in [1.54, 1.807) is 37.4 Å². The van der Waals surface area contributed by atoms with Gasteiger partial charge in [-0.2, -0.15) is 0 Å². The van der Waals surface area contributed by atoms with Crippen molar-refractivity contribution < 1.29 is 33.1 Å². The predicted molar refractivity (Wildman–Crippen MR) is 140 cm³/mol. The molecule has 210 valence electrons. The van der Waals surface area contributed by atoms with E-state index in [-0.39, 0.29) is 36.9 Å². The minimum Gasteiger partial charge on any atom is -0.427 e. The number of benzene rings is 2. The van der Waals surface area contributed by atoms with Gasteiger partial charge in [-0.05, 0) is 54.7 Å². The summed E-state index contributed by atoms with van der Waals surface area (Å²) in [7, 11) is 3.05. The van der Waals surface area contributed by atoms with Crippen LogP contribution in [-0.4, -0.2) is 66.3 Å². The zero-order valence-corrected chi connectivity index (χ0v) is 22.2. The molecule has 3 N–H and O–H groups in total. The first-order chi connectivity index (χ1) is 19.1. The van der Waals surface area contributed by atoms with Gasteiger partial charge in [-0.1, -0.05) is 18.2 Å². The van der Waals surface area contributed by atoms with Gasteiger partial charge >= 0.3 is 12.1 Å². The zero-order chi connectivity index (χ0) is 28.6. The number of carbonyl (C=O) groups excluding carboxylic acids is 5. The maximum absolute atomic E-state index is 13.6. The van der Waals surface area contributed by atoms with Crippen LogP contribution in [0.1, 0.15) is 36.0 Å². The van der Waals surface area contributed by atoms with Crippen molar-refractivity contribution in [1.29, 1.82) is 0 Å². The fourth-order valence-electron chi connectivity index (χ4n) is 5.62. The largest absolute Gasteiger partial charge is 0.427 e. The van der Waals surface area contributed by atoms with Crippen LogP contribution in [0.5, 0.6) is 0 Å². The average Bonchev–Trinajstić information content (AvgIpc) is 3.39. The molecular formula is C28H30FN5O6. The van der Waals surface area contributed by atoms with Crippen LogP contribution in [-0.2, 0) is 37.7 Å². The second-order valence-corrected chi connectivity index (χ2v) is 10.2. The lowest BCUT2D eigenvalue weighted by molar-refractivity contribution is -0.146. The Morgan fingerprint density at radius 3 is 2.48 bits per heavy atom. The molecule has 0 unspecified atom stereocenters. The molecule has 1 aliphatic heterocycles. The van der Waals surface area contributed by atoms with E-state index in [9.17, 15) is 28.4 Å². The highest BCUT2D eigenvalue weighted by atomic mass is 19.1. The summed E-state index contributed by atoms with van der Waals surface area (Å²) in [4.78, 5) is 66.2. The Morgan fingerprint density at radius 1 is 1.07 bits per heavy atom. The summed E-state index contributed by atoms with van der Waals surface area (Å²) in [6.07, 6.45) is 0.636. The van der Waals surface area contributed by atoms with E-state index in [1.807, 2.05) is 0 Å². The number of urea groups is 1. The maximum Gasteiger partial charge on any atom is 0.418 e. The standard InChI is InChI=1S/C28H30FN5O6/c1-30-24(36)18-12-21(13-18)33(14-16-3-5-19(29)6-4-16)23(35)15-34-25(37)28(40-27(34)39)10-9-17-11-20(7-8-22(17)28)32-26(38)31-2/h3-8,11,18,21H,9-10,12-15H2,1-2H3,(H,30,36)(H2,31,32,38)/t18?,21?,28-/m1/s1. The van der Waals surface area contributed by atoms with E-state index in [0.29, 0.717) is 36.1 Å². The minimum absolute atomic E-state index is 0.112. The Balaban J connectivity index is 1.33. The van der Waals surface area contributed by atoms with Crippen LogP contribution in [0.25, 0.3) is 0 Å². The molecule has 1 spiro atoms. The number of aryl methyl sites for hydroxylation is 1. The number of hydrogen-bond donors (Lipinski definition) is 3. The third-order valence-corrected chi connectivity index (χ3v) is 7.90. The van der Waals surface area contributed by atoms with Crippen molar-refractivity contribution in [3.8, 4) is 0 Å². The first kappa shape index (κ1) is 27.1. The van der Waals surface area contributed by atoms with Crippen molar-refractivity contribution >= 4 is 35.5 Å². The van der Waals surface area contributed by atoms with Gasteiger partial charge < -0.3 is 25.6 Å². The molecule has 2 aromatic carbocycles. The molecule has 0 radical (unpaired) electrons. The van der Waals surface area contributed by atoms with Crippen LogP contribution in [0.15, 0.2) is 42.5 Å². The molecule has 1 saturated heterocycles. The number of anilines is 1. The van der Waals surface area contributed by atoms with E-state index in [4.69, 9.17) is 4.74 Å². The van der Waals surface area contributed by atoms with Crippen LogP contribution in [0.2, 0.25) is 0 Å². The van der Waals surface area contributed by atoms with E-state index in [1.165, 1.54) is 24.1 Å². The summed E-state index contributed by atoms with van der Waals surface area (Å²) in [5, 5.41) is 7.76. The Kier molecular flexibility index (Phi) is 7.17. The highest BCUT2D eigenvalue weighted by Crippen LogP contribution is 2.46. The zero-order valence-electron chi connectivity index (χ0n) is 22.2. The smallest absolute Gasteiger partial charge is 0.418 e. The number of fused-ring (bicyclic) bond motifs is 2. The van der Waals surface area contributed by atoms with Gasteiger partial charge in [0.2, 0.25) is 17.4 Å². The van der Waals surface area contributed by atoms with Gasteiger partial charge in [0.05, 0.1) is 0 Å². The van der Waals surface area contributed by atoms with E-state index < -0.39 is 35.9 Å². The molecule has 2 aliphatic carbocycles. The third kappa shape index (κ3) is 4.85. The summed E-state index contributed by atoms with van der Waals surface area (Å²) in [5.41, 5.74) is 0.970. The number of hydrogen-bond acceptors (Lipinski definition) is 6. The Bertz CT molecular complexity index is 1380. The lowest BCUT2D eigenvalue weighted by Crippen LogP contribution is -2.53. The number of ether oxygens (including phenoxy) is 1. The van der Waals surface area contributed by atoms with Crippen LogP contribution >= 0.6 is 0 Å². The Hall–Kier alpha value is -4.48. The topological polar surface area (TPSA) is 137 Å². The molecule has 2 fully saturated rings. The molecule has 5 rings (SSSR count). The number of nitrogens with zero attached hydrogens (tertiary/aromatic N) is 2.